The van der Waals surface area contributed by atoms with Gasteiger partial charge >= 0.3 is 5.97 Å². The Morgan fingerprint density at radius 3 is 2.16 bits per heavy atom. The van der Waals surface area contributed by atoms with Crippen LogP contribution in [0.5, 0.6) is 5.75 Å². The number of carboxylic acids is 1. The Hall–Kier alpha value is -4.13. The summed E-state index contributed by atoms with van der Waals surface area (Å²) < 4.78 is 58.8. The first-order valence-electron chi connectivity index (χ1n) is 11.3. The zero-order valence-corrected chi connectivity index (χ0v) is 19.8. The number of Topliss-reactive ketones (excluding diaryl/α,β-unsaturated/α-hetero) is 2. The number of hydrogen-bond acceptors (Lipinski definition) is 7. The third kappa shape index (κ3) is 7.00. The summed E-state index contributed by atoms with van der Waals surface area (Å²) in [5.74, 6) is -14.4. The van der Waals surface area contributed by atoms with Crippen LogP contribution in [-0.2, 0) is 19.2 Å². The largest absolute Gasteiger partial charge is 0.481 e. The fraction of sp³-hybridized carbons (Fsp3) is 0.320. The molecule has 3 rings (SSSR count). The van der Waals surface area contributed by atoms with Gasteiger partial charge in [0.25, 0.3) is 5.91 Å². The monoisotopic (exact) mass is 538 g/mol. The number of rotatable bonds is 11. The molecule has 1 N–H and O–H groups in total. The number of carbonyl (C=O) groups is 5. The van der Waals surface area contributed by atoms with E-state index >= 15 is 0 Å². The number of halogens is 4. The Kier molecular flexibility index (Phi) is 9.29. The van der Waals surface area contributed by atoms with E-state index in [-0.39, 0.29) is 32.2 Å². The second-order valence-electron chi connectivity index (χ2n) is 8.52. The van der Waals surface area contributed by atoms with Gasteiger partial charge in [-0.05, 0) is 12.1 Å². The van der Waals surface area contributed by atoms with Gasteiger partial charge in [-0.3, -0.25) is 33.8 Å². The van der Waals surface area contributed by atoms with Gasteiger partial charge in [-0.15, -0.1) is 0 Å². The van der Waals surface area contributed by atoms with Crippen LogP contribution >= 0.6 is 0 Å². The van der Waals surface area contributed by atoms with Gasteiger partial charge in [0.2, 0.25) is 17.5 Å². The highest BCUT2D eigenvalue weighted by Gasteiger charge is 2.32. The number of piperazine rings is 1. The molecule has 2 aromatic carbocycles. The maximum atomic E-state index is 13.8. The van der Waals surface area contributed by atoms with E-state index in [1.54, 1.807) is 30.3 Å². The highest BCUT2D eigenvalue weighted by atomic mass is 19.2. The number of imide groups is 1. The SMILES string of the molecule is O=C(O)C[C@H](CC(=O)CN1CCN(C(=O)c2ccccc2)C(=O)C1)C(=O)COc1c(F)c(F)cc(F)c1F. The lowest BCUT2D eigenvalue weighted by Gasteiger charge is -2.32. The van der Waals surface area contributed by atoms with E-state index in [9.17, 15) is 41.5 Å². The topological polar surface area (TPSA) is 121 Å². The molecule has 13 heteroatoms. The molecule has 0 unspecified atom stereocenters. The van der Waals surface area contributed by atoms with Crippen molar-refractivity contribution in [3.8, 4) is 5.75 Å². The van der Waals surface area contributed by atoms with Crippen LogP contribution in [0.1, 0.15) is 23.2 Å². The standard InChI is InChI=1S/C25H22F4N2O7/c26-17-10-18(27)23(29)24(22(17)28)38-13-19(33)15(9-21(35)36)8-16(32)11-30-6-7-31(20(34)12-30)25(37)14-4-2-1-3-5-14/h1-5,10,15H,6-9,11-13H2,(H,35,36)/t15-/m0/s1. The average molecular weight is 538 g/mol. The van der Waals surface area contributed by atoms with Gasteiger partial charge in [0.05, 0.1) is 19.5 Å². The third-order valence-electron chi connectivity index (χ3n) is 5.75. The van der Waals surface area contributed by atoms with Gasteiger partial charge in [-0.2, -0.15) is 8.78 Å². The predicted octanol–water partition coefficient (Wildman–Crippen LogP) is 2.23. The molecule has 0 saturated carbocycles. The van der Waals surface area contributed by atoms with Crippen molar-refractivity contribution < 1.29 is 51.4 Å². The summed E-state index contributed by atoms with van der Waals surface area (Å²) in [6.45, 7) is -1.59. The molecule has 9 nitrogen and oxygen atoms in total. The molecule has 1 fully saturated rings. The first-order valence-corrected chi connectivity index (χ1v) is 11.3. The Balaban J connectivity index is 1.58. The molecule has 0 aromatic heterocycles. The second-order valence-corrected chi connectivity index (χ2v) is 8.52. The quantitative estimate of drug-likeness (QED) is 0.263. The smallest absolute Gasteiger partial charge is 0.304 e. The number of aliphatic carboxylic acids is 1. The molecule has 0 radical (unpaired) electrons. The predicted molar refractivity (Wildman–Crippen MR) is 121 cm³/mol. The Morgan fingerprint density at radius 2 is 1.58 bits per heavy atom. The summed E-state index contributed by atoms with van der Waals surface area (Å²) in [5, 5.41) is 9.11. The van der Waals surface area contributed by atoms with Crippen molar-refractivity contribution in [2.45, 2.75) is 12.8 Å². The number of benzene rings is 2. The minimum absolute atomic E-state index is 0.00644. The highest BCUT2D eigenvalue weighted by Crippen LogP contribution is 2.27. The van der Waals surface area contributed by atoms with Gasteiger partial charge in [-0.25, -0.2) is 8.78 Å². The average Bonchev–Trinajstić information content (AvgIpc) is 2.87. The lowest BCUT2D eigenvalue weighted by atomic mass is 9.94. The minimum Gasteiger partial charge on any atom is -0.481 e. The number of carbonyl (C=O) groups excluding carboxylic acids is 4. The molecular weight excluding hydrogens is 516 g/mol. The molecule has 2 amide bonds. The first-order chi connectivity index (χ1) is 18.0. The number of carboxylic acid groups (broad SMARTS) is 1. The highest BCUT2D eigenvalue weighted by molar-refractivity contribution is 6.05. The van der Waals surface area contributed by atoms with Gasteiger partial charge in [-0.1, -0.05) is 18.2 Å². The number of amides is 2. The Morgan fingerprint density at radius 1 is 0.947 bits per heavy atom. The lowest BCUT2D eigenvalue weighted by molar-refractivity contribution is -0.141. The molecule has 1 saturated heterocycles. The van der Waals surface area contributed by atoms with Crippen LogP contribution in [-0.4, -0.2) is 77.0 Å². The van der Waals surface area contributed by atoms with Crippen LogP contribution in [0.2, 0.25) is 0 Å². The maximum absolute atomic E-state index is 13.8. The van der Waals surface area contributed by atoms with E-state index in [0.29, 0.717) is 5.56 Å². The van der Waals surface area contributed by atoms with Gasteiger partial charge in [0, 0.05) is 37.1 Å². The van der Waals surface area contributed by atoms with Gasteiger partial charge < -0.3 is 9.84 Å². The van der Waals surface area contributed by atoms with E-state index in [4.69, 9.17) is 5.11 Å². The van der Waals surface area contributed by atoms with Crippen LogP contribution in [0.3, 0.4) is 0 Å². The molecule has 202 valence electrons. The van der Waals surface area contributed by atoms with Crippen molar-refractivity contribution >= 4 is 29.4 Å². The summed E-state index contributed by atoms with van der Waals surface area (Å²) in [4.78, 5) is 63.8. The molecule has 1 heterocycles. The molecule has 1 aliphatic heterocycles. The van der Waals surface area contributed by atoms with E-state index < -0.39 is 83.7 Å². The van der Waals surface area contributed by atoms with Gasteiger partial charge in [0.1, 0.15) is 12.4 Å². The fourth-order valence-corrected chi connectivity index (χ4v) is 3.85. The minimum atomic E-state index is -1.88. The molecule has 1 aliphatic rings. The van der Waals surface area contributed by atoms with E-state index in [2.05, 4.69) is 4.74 Å². The van der Waals surface area contributed by atoms with E-state index in [1.807, 2.05) is 0 Å². The van der Waals surface area contributed by atoms with Crippen LogP contribution in [0.15, 0.2) is 36.4 Å². The number of ketones is 2. The zero-order chi connectivity index (χ0) is 28.0. The maximum Gasteiger partial charge on any atom is 0.304 e. The summed E-state index contributed by atoms with van der Waals surface area (Å²) in [6.07, 6.45) is -1.43. The summed E-state index contributed by atoms with van der Waals surface area (Å²) >= 11 is 0. The normalized spacial score (nSPS) is 14.7. The lowest BCUT2D eigenvalue weighted by Crippen LogP contribution is -2.53. The van der Waals surface area contributed by atoms with E-state index in [1.165, 1.54) is 4.90 Å². The summed E-state index contributed by atoms with van der Waals surface area (Å²) in [5.41, 5.74) is 0.323. The van der Waals surface area contributed by atoms with Crippen molar-refractivity contribution in [2.75, 3.05) is 32.8 Å². The Labute approximate surface area is 213 Å². The van der Waals surface area contributed by atoms with Crippen molar-refractivity contribution in [3.05, 3.63) is 65.2 Å². The van der Waals surface area contributed by atoms with Crippen molar-refractivity contribution in [2.24, 2.45) is 5.92 Å². The van der Waals surface area contributed by atoms with Crippen molar-refractivity contribution in [1.29, 1.82) is 0 Å². The van der Waals surface area contributed by atoms with Crippen molar-refractivity contribution in [1.82, 2.24) is 9.80 Å². The van der Waals surface area contributed by atoms with E-state index in [0.717, 1.165) is 4.90 Å². The summed E-state index contributed by atoms with van der Waals surface area (Å²) in [6, 6.07) is 8.08. The Bertz CT molecular complexity index is 1230. The number of ether oxygens (including phenoxy) is 1. The fourth-order valence-electron chi connectivity index (χ4n) is 3.85. The number of nitrogens with zero attached hydrogens (tertiary/aromatic N) is 2. The van der Waals surface area contributed by atoms with Crippen LogP contribution in [0.4, 0.5) is 17.6 Å². The molecule has 0 spiro atoms. The molecule has 2 aromatic rings. The first kappa shape index (κ1) is 28.4. The van der Waals surface area contributed by atoms with Crippen molar-refractivity contribution in [3.63, 3.8) is 0 Å². The molecule has 1 atom stereocenters. The van der Waals surface area contributed by atoms with Crippen LogP contribution in [0, 0.1) is 29.2 Å². The molecule has 0 aliphatic carbocycles. The number of hydrogen-bond donors (Lipinski definition) is 1. The van der Waals surface area contributed by atoms with Gasteiger partial charge in [0.15, 0.2) is 23.2 Å². The van der Waals surface area contributed by atoms with Crippen LogP contribution in [0.25, 0.3) is 0 Å². The van der Waals surface area contributed by atoms with Crippen LogP contribution < -0.4 is 4.74 Å². The molecule has 38 heavy (non-hydrogen) atoms. The zero-order valence-electron chi connectivity index (χ0n) is 19.8. The molecule has 0 bridgehead atoms. The molecular formula is C25H22F4N2O7. The summed E-state index contributed by atoms with van der Waals surface area (Å²) in [7, 11) is 0. The third-order valence-corrected chi connectivity index (χ3v) is 5.75. The second kappa shape index (κ2) is 12.4.